The predicted octanol–water partition coefficient (Wildman–Crippen LogP) is 0.693. The van der Waals surface area contributed by atoms with Crippen molar-refractivity contribution < 1.29 is 4.84 Å². The maximum absolute atomic E-state index is 5.05. The molecule has 0 spiro atoms. The molecule has 0 rings (SSSR count). The summed E-state index contributed by atoms with van der Waals surface area (Å²) in [6.45, 7) is 9.09. The van der Waals surface area contributed by atoms with Crippen LogP contribution < -0.4 is 10.8 Å². The third kappa shape index (κ3) is 9.62. The second-order valence-corrected chi connectivity index (χ2v) is 2.19. The molecule has 0 atom stereocenters. The molecule has 0 unspecified atom stereocenters. The average Bonchev–Trinajstić information content (AvgIpc) is 2.03. The zero-order valence-corrected chi connectivity index (χ0v) is 7.23. The minimum absolute atomic E-state index is 0.762. The molecule has 0 aromatic rings. The predicted molar refractivity (Wildman–Crippen MR) is 47.3 cm³/mol. The summed E-state index contributed by atoms with van der Waals surface area (Å²) in [5.74, 6) is 0. The van der Waals surface area contributed by atoms with Crippen molar-refractivity contribution in [2.45, 2.75) is 13.3 Å². The maximum Gasteiger partial charge on any atom is 0.0694 e. The summed E-state index contributed by atoms with van der Waals surface area (Å²) < 4.78 is 0. The summed E-state index contributed by atoms with van der Waals surface area (Å²) in [6, 6.07) is 0. The first-order chi connectivity index (χ1) is 5.41. The number of hydrogen-bond donors (Lipinski definition) is 2. The molecule has 0 aliphatic heterocycles. The lowest BCUT2D eigenvalue weighted by atomic mass is 10.4. The van der Waals surface area contributed by atoms with E-state index in [-0.39, 0.29) is 0 Å². The SMILES string of the molecule is C=CCNCCCONCC. The lowest BCUT2D eigenvalue weighted by molar-refractivity contribution is 0.0432. The van der Waals surface area contributed by atoms with Gasteiger partial charge in [0.2, 0.25) is 0 Å². The molecule has 0 bridgehead atoms. The molecule has 0 radical (unpaired) electrons. The van der Waals surface area contributed by atoms with E-state index in [1.807, 2.05) is 13.0 Å². The molecule has 0 aromatic heterocycles. The van der Waals surface area contributed by atoms with E-state index in [1.165, 1.54) is 0 Å². The van der Waals surface area contributed by atoms with E-state index in [9.17, 15) is 0 Å². The van der Waals surface area contributed by atoms with E-state index < -0.39 is 0 Å². The van der Waals surface area contributed by atoms with Crippen molar-refractivity contribution in [3.8, 4) is 0 Å². The quantitative estimate of drug-likeness (QED) is 0.310. The molecule has 0 fully saturated rings. The Morgan fingerprint density at radius 2 is 2.36 bits per heavy atom. The maximum atomic E-state index is 5.05. The first-order valence-electron chi connectivity index (χ1n) is 4.08. The fourth-order valence-corrected chi connectivity index (χ4v) is 0.648. The lowest BCUT2D eigenvalue weighted by Crippen LogP contribution is -2.19. The molecule has 3 nitrogen and oxygen atoms in total. The van der Waals surface area contributed by atoms with Crippen molar-refractivity contribution in [2.75, 3.05) is 26.2 Å². The van der Waals surface area contributed by atoms with E-state index in [0.29, 0.717) is 0 Å². The molecule has 0 amide bonds. The van der Waals surface area contributed by atoms with Crippen molar-refractivity contribution in [3.63, 3.8) is 0 Å². The number of hydrogen-bond acceptors (Lipinski definition) is 3. The first kappa shape index (κ1) is 10.6. The van der Waals surface area contributed by atoms with E-state index in [0.717, 1.165) is 32.7 Å². The largest absolute Gasteiger partial charge is 0.313 e. The van der Waals surface area contributed by atoms with Crippen LogP contribution in [-0.2, 0) is 4.84 Å². The summed E-state index contributed by atoms with van der Waals surface area (Å²) in [6.07, 6.45) is 2.88. The van der Waals surface area contributed by atoms with E-state index in [2.05, 4.69) is 17.4 Å². The summed E-state index contributed by atoms with van der Waals surface area (Å²) in [7, 11) is 0. The average molecular weight is 158 g/mol. The van der Waals surface area contributed by atoms with Crippen LogP contribution in [0.25, 0.3) is 0 Å². The fourth-order valence-electron chi connectivity index (χ4n) is 0.648. The van der Waals surface area contributed by atoms with Crippen molar-refractivity contribution in [1.29, 1.82) is 0 Å². The molecular formula is C8H18N2O. The van der Waals surface area contributed by atoms with Crippen LogP contribution in [-0.4, -0.2) is 26.2 Å². The minimum Gasteiger partial charge on any atom is -0.313 e. The van der Waals surface area contributed by atoms with Gasteiger partial charge >= 0.3 is 0 Å². The molecule has 0 aromatic carbocycles. The van der Waals surface area contributed by atoms with E-state index >= 15 is 0 Å². The van der Waals surface area contributed by atoms with Gasteiger partial charge < -0.3 is 10.2 Å². The highest BCUT2D eigenvalue weighted by Crippen LogP contribution is 1.76. The summed E-state index contributed by atoms with van der Waals surface area (Å²) in [5, 5.41) is 3.19. The van der Waals surface area contributed by atoms with Gasteiger partial charge in [0.25, 0.3) is 0 Å². The van der Waals surface area contributed by atoms with Crippen LogP contribution in [0.3, 0.4) is 0 Å². The first-order valence-corrected chi connectivity index (χ1v) is 4.08. The Bertz CT molecular complexity index is 86.2. The van der Waals surface area contributed by atoms with Crippen LogP contribution in [0.4, 0.5) is 0 Å². The summed E-state index contributed by atoms with van der Waals surface area (Å²) in [5.41, 5.74) is 2.79. The van der Waals surface area contributed by atoms with Gasteiger partial charge in [0.05, 0.1) is 6.61 Å². The zero-order valence-electron chi connectivity index (χ0n) is 7.23. The van der Waals surface area contributed by atoms with Crippen molar-refractivity contribution >= 4 is 0 Å². The molecule has 0 saturated carbocycles. The Balaban J connectivity index is 2.74. The van der Waals surface area contributed by atoms with Gasteiger partial charge in [0.15, 0.2) is 0 Å². The summed E-state index contributed by atoms with van der Waals surface area (Å²) >= 11 is 0. The van der Waals surface area contributed by atoms with E-state index in [1.54, 1.807) is 0 Å². The Kier molecular flexibility index (Phi) is 9.29. The van der Waals surface area contributed by atoms with Gasteiger partial charge in [0, 0.05) is 13.1 Å². The van der Waals surface area contributed by atoms with Crippen LogP contribution >= 0.6 is 0 Å². The molecule has 0 heterocycles. The van der Waals surface area contributed by atoms with Gasteiger partial charge in [-0.25, -0.2) is 5.48 Å². The van der Waals surface area contributed by atoms with Gasteiger partial charge in [-0.3, -0.25) is 0 Å². The lowest BCUT2D eigenvalue weighted by Gasteiger charge is -2.03. The zero-order chi connectivity index (χ0) is 8.36. The van der Waals surface area contributed by atoms with Gasteiger partial charge in [-0.1, -0.05) is 13.0 Å². The highest BCUT2D eigenvalue weighted by Gasteiger charge is 1.85. The monoisotopic (exact) mass is 158 g/mol. The normalized spacial score (nSPS) is 9.91. The van der Waals surface area contributed by atoms with Crippen LogP contribution in [0, 0.1) is 0 Å². The molecule has 0 aliphatic carbocycles. The molecular weight excluding hydrogens is 140 g/mol. The molecule has 0 aliphatic rings. The van der Waals surface area contributed by atoms with Crippen LogP contribution in [0.2, 0.25) is 0 Å². The van der Waals surface area contributed by atoms with Crippen LogP contribution in [0.1, 0.15) is 13.3 Å². The highest BCUT2D eigenvalue weighted by atomic mass is 16.6. The second-order valence-electron chi connectivity index (χ2n) is 2.19. The molecule has 11 heavy (non-hydrogen) atoms. The molecule has 66 valence electrons. The highest BCUT2D eigenvalue weighted by molar-refractivity contribution is 4.68. The molecule has 2 N–H and O–H groups in total. The van der Waals surface area contributed by atoms with Crippen molar-refractivity contribution in [2.24, 2.45) is 0 Å². The van der Waals surface area contributed by atoms with E-state index in [4.69, 9.17) is 4.84 Å². The molecule has 3 heteroatoms. The van der Waals surface area contributed by atoms with Crippen molar-refractivity contribution in [1.82, 2.24) is 10.8 Å². The third-order valence-corrected chi connectivity index (χ3v) is 1.14. The number of rotatable bonds is 8. The van der Waals surface area contributed by atoms with Crippen LogP contribution in [0.15, 0.2) is 12.7 Å². The Labute approximate surface area is 68.8 Å². The Morgan fingerprint density at radius 1 is 1.55 bits per heavy atom. The Hall–Kier alpha value is -0.380. The third-order valence-electron chi connectivity index (χ3n) is 1.14. The topological polar surface area (TPSA) is 33.3 Å². The number of hydroxylamine groups is 1. The fraction of sp³-hybridized carbons (Fsp3) is 0.750. The summed E-state index contributed by atoms with van der Waals surface area (Å²) in [4.78, 5) is 5.05. The second kappa shape index (κ2) is 9.62. The number of nitrogens with one attached hydrogen (secondary N) is 2. The van der Waals surface area contributed by atoms with Gasteiger partial charge in [-0.2, -0.15) is 0 Å². The smallest absolute Gasteiger partial charge is 0.0694 e. The van der Waals surface area contributed by atoms with Gasteiger partial charge in [-0.15, -0.1) is 6.58 Å². The van der Waals surface area contributed by atoms with Crippen LogP contribution in [0.5, 0.6) is 0 Å². The van der Waals surface area contributed by atoms with Crippen molar-refractivity contribution in [3.05, 3.63) is 12.7 Å². The van der Waals surface area contributed by atoms with Gasteiger partial charge in [-0.05, 0) is 13.0 Å². The Morgan fingerprint density at radius 3 is 3.00 bits per heavy atom. The molecule has 0 saturated heterocycles. The standard InChI is InChI=1S/C8H18N2O/c1-3-6-9-7-5-8-11-10-4-2/h3,9-10H,1,4-8H2,2H3. The van der Waals surface area contributed by atoms with Gasteiger partial charge in [0.1, 0.15) is 0 Å². The minimum atomic E-state index is 0.762.